The summed E-state index contributed by atoms with van der Waals surface area (Å²) in [6.45, 7) is 7.77. The summed E-state index contributed by atoms with van der Waals surface area (Å²) in [5.74, 6) is 1.57. The molecule has 0 unspecified atom stereocenters. The molecule has 0 amide bonds. The molecule has 5 nitrogen and oxygen atoms in total. The van der Waals surface area contributed by atoms with E-state index in [2.05, 4.69) is 36.1 Å². The summed E-state index contributed by atoms with van der Waals surface area (Å²) >= 11 is 0. The quantitative estimate of drug-likeness (QED) is 0.713. The van der Waals surface area contributed by atoms with Crippen LogP contribution < -0.4 is 15.8 Å². The number of hydrogen-bond donors (Lipinski definition) is 2. The average molecular weight is 238 g/mol. The van der Waals surface area contributed by atoms with Gasteiger partial charge in [0.25, 0.3) is 0 Å². The van der Waals surface area contributed by atoms with E-state index in [4.69, 9.17) is 10.5 Å². The molecule has 5 heteroatoms. The lowest BCUT2D eigenvalue weighted by molar-refractivity contribution is 0.262. The fraction of sp³-hybridized carbons (Fsp3) is 0.667. The third-order valence-corrected chi connectivity index (χ3v) is 2.22. The Labute approximate surface area is 103 Å². The summed E-state index contributed by atoms with van der Waals surface area (Å²) < 4.78 is 5.53. The van der Waals surface area contributed by atoms with Crippen molar-refractivity contribution in [3.8, 4) is 5.88 Å². The predicted molar refractivity (Wildman–Crippen MR) is 70.2 cm³/mol. The smallest absolute Gasteiger partial charge is 0.242 e. The number of nitrogens with zero attached hydrogens (tertiary/aromatic N) is 2. The van der Waals surface area contributed by atoms with E-state index in [0.717, 1.165) is 19.4 Å². The summed E-state index contributed by atoms with van der Waals surface area (Å²) in [7, 11) is 0. The summed E-state index contributed by atoms with van der Waals surface area (Å²) in [6.07, 6.45) is 3.70. The third kappa shape index (κ3) is 4.46. The van der Waals surface area contributed by atoms with Crippen LogP contribution >= 0.6 is 0 Å². The minimum absolute atomic E-state index is 0.445. The zero-order valence-corrected chi connectivity index (χ0v) is 10.9. The Hall–Kier alpha value is -1.52. The van der Waals surface area contributed by atoms with Gasteiger partial charge in [-0.2, -0.15) is 4.98 Å². The fourth-order valence-corrected chi connectivity index (χ4v) is 1.26. The molecule has 0 spiro atoms. The molecule has 0 atom stereocenters. The molecule has 0 aromatic carbocycles. The largest absolute Gasteiger partial charge is 0.476 e. The predicted octanol–water partition coefficient (Wildman–Crippen LogP) is 2.31. The van der Waals surface area contributed by atoms with Gasteiger partial charge >= 0.3 is 0 Å². The van der Waals surface area contributed by atoms with E-state index >= 15 is 0 Å². The molecule has 0 aliphatic rings. The topological polar surface area (TPSA) is 73.1 Å². The molecule has 3 N–H and O–H groups in total. The van der Waals surface area contributed by atoms with Crippen molar-refractivity contribution in [3.63, 3.8) is 0 Å². The van der Waals surface area contributed by atoms with Gasteiger partial charge in [0.2, 0.25) is 5.88 Å². The molecule has 1 rings (SSSR count). The van der Waals surface area contributed by atoms with Gasteiger partial charge < -0.3 is 15.8 Å². The fourth-order valence-electron chi connectivity index (χ4n) is 1.26. The molecular weight excluding hydrogens is 216 g/mol. The molecule has 96 valence electrons. The molecule has 1 heterocycles. The number of ether oxygens (including phenoxy) is 1. The van der Waals surface area contributed by atoms with Crippen LogP contribution in [-0.4, -0.2) is 23.1 Å². The Kier molecular flexibility index (Phi) is 5.52. The highest BCUT2D eigenvalue weighted by Gasteiger charge is 2.09. The summed E-state index contributed by atoms with van der Waals surface area (Å²) in [4.78, 5) is 8.15. The van der Waals surface area contributed by atoms with Crippen LogP contribution in [0.2, 0.25) is 0 Å². The summed E-state index contributed by atoms with van der Waals surface area (Å²) in [6, 6.07) is 0. The van der Waals surface area contributed by atoms with Gasteiger partial charge in [0, 0.05) is 6.54 Å². The van der Waals surface area contributed by atoms with E-state index in [1.807, 2.05) is 0 Å². The Morgan fingerprint density at radius 3 is 2.82 bits per heavy atom. The van der Waals surface area contributed by atoms with Crippen molar-refractivity contribution in [1.29, 1.82) is 0 Å². The molecule has 1 aromatic rings. The van der Waals surface area contributed by atoms with Crippen molar-refractivity contribution in [3.05, 3.63) is 6.33 Å². The van der Waals surface area contributed by atoms with E-state index < -0.39 is 0 Å². The van der Waals surface area contributed by atoms with Gasteiger partial charge in [-0.1, -0.05) is 27.2 Å². The van der Waals surface area contributed by atoms with Gasteiger partial charge in [-0.3, -0.25) is 0 Å². The minimum Gasteiger partial charge on any atom is -0.476 e. The molecule has 17 heavy (non-hydrogen) atoms. The molecule has 0 radical (unpaired) electrons. The van der Waals surface area contributed by atoms with Crippen molar-refractivity contribution in [1.82, 2.24) is 9.97 Å². The van der Waals surface area contributed by atoms with Gasteiger partial charge in [-0.05, 0) is 12.3 Å². The SMILES string of the molecule is CCCCNc1ncnc(OCC(C)C)c1N. The highest BCUT2D eigenvalue weighted by atomic mass is 16.5. The first kappa shape index (κ1) is 13.5. The zero-order valence-electron chi connectivity index (χ0n) is 10.9. The minimum atomic E-state index is 0.445. The van der Waals surface area contributed by atoms with Gasteiger partial charge in [0.05, 0.1) is 6.61 Å². The van der Waals surface area contributed by atoms with Crippen LogP contribution in [0.4, 0.5) is 11.5 Å². The maximum absolute atomic E-state index is 5.94. The van der Waals surface area contributed by atoms with Crippen LogP contribution in [0.3, 0.4) is 0 Å². The molecule has 0 saturated heterocycles. The van der Waals surface area contributed by atoms with Crippen molar-refractivity contribution in [2.24, 2.45) is 5.92 Å². The first-order valence-corrected chi connectivity index (χ1v) is 6.12. The van der Waals surface area contributed by atoms with E-state index in [1.165, 1.54) is 6.33 Å². The number of hydrogen-bond acceptors (Lipinski definition) is 5. The number of nitrogens with one attached hydrogen (secondary N) is 1. The Morgan fingerprint density at radius 2 is 2.18 bits per heavy atom. The second-order valence-electron chi connectivity index (χ2n) is 4.43. The van der Waals surface area contributed by atoms with Crippen molar-refractivity contribution < 1.29 is 4.74 Å². The summed E-state index contributed by atoms with van der Waals surface area (Å²) in [5.41, 5.74) is 6.43. The number of anilines is 2. The number of nitrogens with two attached hydrogens (primary N) is 1. The maximum atomic E-state index is 5.94. The monoisotopic (exact) mass is 238 g/mol. The highest BCUT2D eigenvalue weighted by Crippen LogP contribution is 2.24. The summed E-state index contributed by atoms with van der Waals surface area (Å²) in [5, 5.41) is 3.19. The number of rotatable bonds is 7. The third-order valence-electron chi connectivity index (χ3n) is 2.22. The molecule has 0 saturated carbocycles. The lowest BCUT2D eigenvalue weighted by Gasteiger charge is -2.12. The second kappa shape index (κ2) is 6.93. The van der Waals surface area contributed by atoms with Crippen LogP contribution in [0, 0.1) is 5.92 Å². The number of unbranched alkanes of at least 4 members (excludes halogenated alkanes) is 1. The lowest BCUT2D eigenvalue weighted by Crippen LogP contribution is -2.11. The standard InChI is InChI=1S/C12H22N4O/c1-4-5-6-14-11-10(13)12(16-8-15-11)17-7-9(2)3/h8-9H,4-7,13H2,1-3H3,(H,14,15,16). The van der Waals surface area contributed by atoms with Gasteiger partial charge in [-0.25, -0.2) is 4.98 Å². The zero-order chi connectivity index (χ0) is 12.7. The van der Waals surface area contributed by atoms with Crippen molar-refractivity contribution >= 4 is 11.5 Å². The van der Waals surface area contributed by atoms with E-state index in [9.17, 15) is 0 Å². The molecule has 0 aliphatic heterocycles. The van der Waals surface area contributed by atoms with E-state index in [1.54, 1.807) is 0 Å². The Bertz CT molecular complexity index is 341. The molecule has 0 bridgehead atoms. The number of nitrogen functional groups attached to an aromatic ring is 1. The van der Waals surface area contributed by atoms with Crippen LogP contribution in [0.15, 0.2) is 6.33 Å². The average Bonchev–Trinajstić information content (AvgIpc) is 2.30. The first-order valence-electron chi connectivity index (χ1n) is 6.12. The highest BCUT2D eigenvalue weighted by molar-refractivity contribution is 5.66. The van der Waals surface area contributed by atoms with Gasteiger partial charge in [0.1, 0.15) is 12.0 Å². The Morgan fingerprint density at radius 1 is 1.41 bits per heavy atom. The van der Waals surface area contributed by atoms with Gasteiger partial charge in [0.15, 0.2) is 5.82 Å². The van der Waals surface area contributed by atoms with E-state index in [-0.39, 0.29) is 0 Å². The van der Waals surface area contributed by atoms with Crippen LogP contribution in [0.5, 0.6) is 5.88 Å². The normalized spacial score (nSPS) is 10.6. The van der Waals surface area contributed by atoms with Crippen LogP contribution in [0.1, 0.15) is 33.6 Å². The Balaban J connectivity index is 2.63. The van der Waals surface area contributed by atoms with Crippen LogP contribution in [0.25, 0.3) is 0 Å². The van der Waals surface area contributed by atoms with Crippen molar-refractivity contribution in [2.75, 3.05) is 24.2 Å². The number of aromatic nitrogens is 2. The maximum Gasteiger partial charge on any atom is 0.242 e. The molecule has 1 aromatic heterocycles. The lowest BCUT2D eigenvalue weighted by atomic mass is 10.2. The van der Waals surface area contributed by atoms with Gasteiger partial charge in [-0.15, -0.1) is 0 Å². The molecule has 0 aliphatic carbocycles. The second-order valence-corrected chi connectivity index (χ2v) is 4.43. The first-order chi connectivity index (χ1) is 8.15. The van der Waals surface area contributed by atoms with E-state index in [0.29, 0.717) is 29.9 Å². The molecular formula is C12H22N4O. The van der Waals surface area contributed by atoms with Crippen molar-refractivity contribution in [2.45, 2.75) is 33.6 Å². The van der Waals surface area contributed by atoms with Crippen LogP contribution in [-0.2, 0) is 0 Å². The molecule has 0 fully saturated rings.